The molecule has 1 aromatic rings. The van der Waals surface area contributed by atoms with E-state index in [1.165, 1.54) is 0 Å². The minimum absolute atomic E-state index is 0.0374. The van der Waals surface area contributed by atoms with Gasteiger partial charge in [-0.1, -0.05) is 6.92 Å². The highest BCUT2D eigenvalue weighted by atomic mass is 16.3. The third kappa shape index (κ3) is 4.01. The number of carbonyl (C=O) groups is 1. The maximum atomic E-state index is 12.6. The van der Waals surface area contributed by atoms with Crippen molar-refractivity contribution in [1.82, 2.24) is 25.0 Å². The van der Waals surface area contributed by atoms with Gasteiger partial charge in [-0.2, -0.15) is 0 Å². The molecule has 2 rings (SSSR count). The lowest BCUT2D eigenvalue weighted by Crippen LogP contribution is -2.48. The summed E-state index contributed by atoms with van der Waals surface area (Å²) in [6.07, 6.45) is 3.59. The van der Waals surface area contributed by atoms with Crippen LogP contribution in [-0.4, -0.2) is 75.3 Å². The molecule has 1 aliphatic rings. The second-order valence-corrected chi connectivity index (χ2v) is 5.61. The van der Waals surface area contributed by atoms with Gasteiger partial charge in [-0.25, -0.2) is 4.98 Å². The lowest BCUT2D eigenvalue weighted by molar-refractivity contribution is 0.0528. The Morgan fingerprint density at radius 3 is 2.81 bits per heavy atom. The van der Waals surface area contributed by atoms with Crippen LogP contribution in [0.25, 0.3) is 0 Å². The average Bonchev–Trinajstić information content (AvgIpc) is 2.94. The maximum Gasteiger partial charge on any atom is 0.293 e. The van der Waals surface area contributed by atoms with Crippen molar-refractivity contribution < 1.29 is 9.90 Å². The van der Waals surface area contributed by atoms with Crippen molar-refractivity contribution >= 4 is 5.91 Å². The van der Waals surface area contributed by atoms with E-state index in [0.717, 1.165) is 44.6 Å². The van der Waals surface area contributed by atoms with Crippen molar-refractivity contribution in [2.45, 2.75) is 38.6 Å². The summed E-state index contributed by atoms with van der Waals surface area (Å²) >= 11 is 0. The number of aromatic nitrogens is 3. The number of aromatic amines is 1. The van der Waals surface area contributed by atoms with Crippen LogP contribution in [0.5, 0.6) is 0 Å². The number of aryl methyl sites for hydroxylation is 1. The minimum atomic E-state index is -0.183. The first-order chi connectivity index (χ1) is 10.2. The number of piperidine rings is 1. The molecule has 1 fully saturated rings. The summed E-state index contributed by atoms with van der Waals surface area (Å²) in [6.45, 7) is 4.29. The molecule has 0 atom stereocenters. The van der Waals surface area contributed by atoms with Crippen molar-refractivity contribution in [2.24, 2.45) is 0 Å². The highest BCUT2D eigenvalue weighted by Crippen LogP contribution is 2.17. The van der Waals surface area contributed by atoms with Crippen LogP contribution >= 0.6 is 0 Å². The molecule has 0 aliphatic carbocycles. The van der Waals surface area contributed by atoms with Crippen LogP contribution < -0.4 is 0 Å². The summed E-state index contributed by atoms with van der Waals surface area (Å²) in [5, 5.41) is 16.1. The topological polar surface area (TPSA) is 85.3 Å². The standard InChI is InChI=1S/C14H25N5O2/c1-3-4-12-15-13(17-16-12)14(21)19(9-10-20)11-5-7-18(2)8-6-11/h11,20H,3-10H2,1-2H3,(H,15,16,17). The fourth-order valence-electron chi connectivity index (χ4n) is 2.73. The van der Waals surface area contributed by atoms with Crippen LogP contribution in [0.1, 0.15) is 42.6 Å². The van der Waals surface area contributed by atoms with E-state index in [4.69, 9.17) is 0 Å². The Kier molecular flexibility index (Phi) is 5.69. The van der Waals surface area contributed by atoms with Crippen LogP contribution in [0, 0.1) is 0 Å². The average molecular weight is 295 g/mol. The number of amides is 1. The van der Waals surface area contributed by atoms with E-state index in [1.54, 1.807) is 4.90 Å². The molecule has 0 bridgehead atoms. The van der Waals surface area contributed by atoms with Crippen molar-refractivity contribution in [2.75, 3.05) is 33.3 Å². The number of carbonyl (C=O) groups excluding carboxylic acids is 1. The first-order valence-electron chi connectivity index (χ1n) is 7.67. The van der Waals surface area contributed by atoms with Crippen LogP contribution in [0.3, 0.4) is 0 Å². The fraction of sp³-hybridized carbons (Fsp3) is 0.786. The molecule has 0 saturated carbocycles. The molecule has 0 aromatic carbocycles. The van der Waals surface area contributed by atoms with E-state index in [2.05, 4.69) is 34.1 Å². The van der Waals surface area contributed by atoms with Gasteiger partial charge in [0.1, 0.15) is 5.82 Å². The number of rotatable bonds is 6. The van der Waals surface area contributed by atoms with E-state index in [-0.39, 0.29) is 24.4 Å². The van der Waals surface area contributed by atoms with E-state index in [9.17, 15) is 9.90 Å². The summed E-state index contributed by atoms with van der Waals surface area (Å²) in [5.74, 6) is 0.774. The Morgan fingerprint density at radius 2 is 2.19 bits per heavy atom. The second-order valence-electron chi connectivity index (χ2n) is 5.61. The van der Waals surface area contributed by atoms with Crippen molar-refractivity contribution in [3.05, 3.63) is 11.6 Å². The molecule has 2 N–H and O–H groups in total. The number of likely N-dealkylation sites (tertiary alicyclic amines) is 1. The van der Waals surface area contributed by atoms with E-state index >= 15 is 0 Å². The zero-order chi connectivity index (χ0) is 15.2. The predicted octanol–water partition coefficient (Wildman–Crippen LogP) is 0.286. The molecule has 1 aliphatic heterocycles. The van der Waals surface area contributed by atoms with Crippen LogP contribution in [0.4, 0.5) is 0 Å². The Hall–Kier alpha value is -1.47. The van der Waals surface area contributed by atoms with Crippen LogP contribution in [-0.2, 0) is 6.42 Å². The monoisotopic (exact) mass is 295 g/mol. The largest absolute Gasteiger partial charge is 0.395 e. The Bertz CT molecular complexity index is 454. The minimum Gasteiger partial charge on any atom is -0.395 e. The summed E-state index contributed by atoms with van der Waals surface area (Å²) in [7, 11) is 2.08. The number of hydrogen-bond donors (Lipinski definition) is 2. The Labute approximate surface area is 125 Å². The molecule has 21 heavy (non-hydrogen) atoms. The lowest BCUT2D eigenvalue weighted by atomic mass is 10.0. The summed E-state index contributed by atoms with van der Waals surface area (Å²) < 4.78 is 0. The van der Waals surface area contributed by atoms with E-state index in [0.29, 0.717) is 6.54 Å². The van der Waals surface area contributed by atoms with Gasteiger partial charge in [0.15, 0.2) is 0 Å². The van der Waals surface area contributed by atoms with Crippen molar-refractivity contribution in [1.29, 1.82) is 0 Å². The van der Waals surface area contributed by atoms with Gasteiger partial charge in [0, 0.05) is 19.0 Å². The Morgan fingerprint density at radius 1 is 1.48 bits per heavy atom. The van der Waals surface area contributed by atoms with Gasteiger partial charge >= 0.3 is 0 Å². The zero-order valence-corrected chi connectivity index (χ0v) is 12.9. The normalized spacial score (nSPS) is 17.1. The molecule has 0 spiro atoms. The molecule has 7 heteroatoms. The quantitative estimate of drug-likeness (QED) is 0.787. The summed E-state index contributed by atoms with van der Waals surface area (Å²) in [6, 6.07) is 0.161. The number of hydrogen-bond acceptors (Lipinski definition) is 5. The van der Waals surface area contributed by atoms with Gasteiger partial charge in [0.05, 0.1) is 6.61 Å². The van der Waals surface area contributed by atoms with Crippen LogP contribution in [0.15, 0.2) is 0 Å². The van der Waals surface area contributed by atoms with Crippen molar-refractivity contribution in [3.8, 4) is 0 Å². The third-order valence-electron chi connectivity index (χ3n) is 3.94. The van der Waals surface area contributed by atoms with Gasteiger partial charge in [0.2, 0.25) is 5.82 Å². The van der Waals surface area contributed by atoms with Crippen LogP contribution in [0.2, 0.25) is 0 Å². The smallest absolute Gasteiger partial charge is 0.293 e. The highest BCUT2D eigenvalue weighted by molar-refractivity contribution is 5.90. The molecule has 0 radical (unpaired) electrons. The van der Waals surface area contributed by atoms with E-state index < -0.39 is 0 Å². The Balaban J connectivity index is 2.07. The first kappa shape index (κ1) is 15.9. The predicted molar refractivity (Wildman–Crippen MR) is 79.0 cm³/mol. The van der Waals surface area contributed by atoms with Gasteiger partial charge in [0.25, 0.3) is 5.91 Å². The molecular formula is C14H25N5O2. The summed E-state index contributed by atoms with van der Waals surface area (Å²) in [5.41, 5.74) is 0. The van der Waals surface area contributed by atoms with Gasteiger partial charge < -0.3 is 14.9 Å². The highest BCUT2D eigenvalue weighted by Gasteiger charge is 2.29. The van der Waals surface area contributed by atoms with Gasteiger partial charge in [-0.05, 0) is 39.4 Å². The molecule has 2 heterocycles. The van der Waals surface area contributed by atoms with Gasteiger partial charge in [-0.3, -0.25) is 9.89 Å². The molecule has 0 unspecified atom stereocenters. The SMILES string of the molecule is CCCc1nc(C(=O)N(CCO)C2CCN(C)CC2)n[nH]1. The third-order valence-corrected chi connectivity index (χ3v) is 3.94. The van der Waals surface area contributed by atoms with E-state index in [1.807, 2.05) is 0 Å². The number of nitrogens with one attached hydrogen (secondary N) is 1. The number of aliphatic hydroxyl groups is 1. The summed E-state index contributed by atoms with van der Waals surface area (Å²) in [4.78, 5) is 20.8. The molecule has 1 aromatic heterocycles. The fourth-order valence-corrected chi connectivity index (χ4v) is 2.73. The van der Waals surface area contributed by atoms with Gasteiger partial charge in [-0.15, -0.1) is 5.10 Å². The number of H-pyrrole nitrogens is 1. The first-order valence-corrected chi connectivity index (χ1v) is 7.67. The number of aliphatic hydroxyl groups excluding tert-OH is 1. The zero-order valence-electron chi connectivity index (χ0n) is 12.9. The molecular weight excluding hydrogens is 270 g/mol. The molecule has 118 valence electrons. The maximum absolute atomic E-state index is 12.6. The molecule has 1 saturated heterocycles. The molecule has 7 nitrogen and oxygen atoms in total. The second kappa shape index (κ2) is 7.51. The van der Waals surface area contributed by atoms with Crippen molar-refractivity contribution in [3.63, 3.8) is 0 Å². The lowest BCUT2D eigenvalue weighted by Gasteiger charge is -2.36. The number of nitrogens with zero attached hydrogens (tertiary/aromatic N) is 4. The molecule has 1 amide bonds.